The summed E-state index contributed by atoms with van der Waals surface area (Å²) in [7, 11) is -3.54. The van der Waals surface area contributed by atoms with Gasteiger partial charge in [0, 0.05) is 31.9 Å². The van der Waals surface area contributed by atoms with Crippen molar-refractivity contribution < 1.29 is 13.2 Å². The van der Waals surface area contributed by atoms with Crippen molar-refractivity contribution in [3.05, 3.63) is 53.9 Å². The zero-order valence-corrected chi connectivity index (χ0v) is 18.6. The number of ether oxygens (including phenoxy) is 1. The Labute approximate surface area is 183 Å². The molecule has 0 amide bonds. The fourth-order valence-corrected chi connectivity index (χ4v) is 6.02. The summed E-state index contributed by atoms with van der Waals surface area (Å²) in [4.78, 5) is 7.58. The van der Waals surface area contributed by atoms with Gasteiger partial charge in [0.05, 0.1) is 35.7 Å². The number of para-hydroxylation sites is 1. The lowest BCUT2D eigenvalue weighted by Gasteiger charge is -2.26. The third-order valence-electron chi connectivity index (χ3n) is 6.17. The number of imidazole rings is 1. The van der Waals surface area contributed by atoms with Crippen molar-refractivity contribution in [2.24, 2.45) is 0 Å². The number of fused-ring (bicyclic) bond motifs is 2. The maximum absolute atomic E-state index is 13.1. The first kappa shape index (κ1) is 20.5. The predicted molar refractivity (Wildman–Crippen MR) is 121 cm³/mol. The summed E-state index contributed by atoms with van der Waals surface area (Å²) < 4.78 is 35.2. The van der Waals surface area contributed by atoms with Crippen LogP contribution in [-0.4, -0.2) is 55.1 Å². The van der Waals surface area contributed by atoms with Gasteiger partial charge in [0.2, 0.25) is 10.0 Å². The lowest BCUT2D eigenvalue weighted by atomic mass is 10.2. The van der Waals surface area contributed by atoms with Crippen LogP contribution in [0.4, 0.5) is 5.69 Å². The Morgan fingerprint density at radius 3 is 2.68 bits per heavy atom. The molecule has 0 saturated carbocycles. The zero-order chi connectivity index (χ0) is 21.4. The summed E-state index contributed by atoms with van der Waals surface area (Å²) >= 11 is 0. The van der Waals surface area contributed by atoms with Gasteiger partial charge in [-0.15, -0.1) is 0 Å². The predicted octanol–water partition coefficient (Wildman–Crippen LogP) is 3.03. The lowest BCUT2D eigenvalue weighted by Crippen LogP contribution is -2.40. The van der Waals surface area contributed by atoms with Gasteiger partial charge in [0.25, 0.3) is 0 Å². The first-order chi connectivity index (χ1) is 15.1. The number of aromatic nitrogens is 2. The van der Waals surface area contributed by atoms with E-state index in [9.17, 15) is 8.42 Å². The standard InChI is InChI=1S/C23H28N4O3S/c1-2-10-27-22-8-7-19(31(28,29)26-12-14-30-15-13-26)16-20(22)24-23(27)17-25-11-9-18-5-3-4-6-21(18)25/h3-8,16H,2,9-15,17H2,1H3. The molecule has 1 fully saturated rings. The van der Waals surface area contributed by atoms with E-state index in [1.54, 1.807) is 12.1 Å². The molecule has 0 spiro atoms. The van der Waals surface area contributed by atoms with Gasteiger partial charge in [-0.25, -0.2) is 13.4 Å². The lowest BCUT2D eigenvalue weighted by molar-refractivity contribution is 0.0730. The number of anilines is 1. The fraction of sp³-hybridized carbons (Fsp3) is 0.435. The van der Waals surface area contributed by atoms with E-state index in [-0.39, 0.29) is 0 Å². The fourth-order valence-electron chi connectivity index (χ4n) is 4.59. The molecule has 2 aliphatic heterocycles. The normalized spacial score (nSPS) is 17.4. The first-order valence-electron chi connectivity index (χ1n) is 11.0. The minimum Gasteiger partial charge on any atom is -0.379 e. The van der Waals surface area contributed by atoms with Crippen LogP contribution in [0.1, 0.15) is 24.7 Å². The summed E-state index contributed by atoms with van der Waals surface area (Å²) in [6, 6.07) is 13.9. The summed E-state index contributed by atoms with van der Waals surface area (Å²) in [5, 5.41) is 0. The van der Waals surface area contributed by atoms with E-state index < -0.39 is 10.0 Å². The van der Waals surface area contributed by atoms with Crippen LogP contribution in [0.15, 0.2) is 47.4 Å². The van der Waals surface area contributed by atoms with Gasteiger partial charge < -0.3 is 14.2 Å². The molecule has 3 aromatic rings. The summed E-state index contributed by atoms with van der Waals surface area (Å²) in [5.41, 5.74) is 4.38. The van der Waals surface area contributed by atoms with Crippen molar-refractivity contribution in [2.45, 2.75) is 37.8 Å². The second-order valence-electron chi connectivity index (χ2n) is 8.15. The van der Waals surface area contributed by atoms with Crippen LogP contribution < -0.4 is 4.90 Å². The maximum Gasteiger partial charge on any atom is 0.243 e. The highest BCUT2D eigenvalue weighted by Gasteiger charge is 2.27. The van der Waals surface area contributed by atoms with Crippen LogP contribution in [0.2, 0.25) is 0 Å². The van der Waals surface area contributed by atoms with Crippen LogP contribution in [0.3, 0.4) is 0 Å². The van der Waals surface area contributed by atoms with Crippen LogP contribution >= 0.6 is 0 Å². The smallest absolute Gasteiger partial charge is 0.243 e. The molecule has 31 heavy (non-hydrogen) atoms. The van der Waals surface area contributed by atoms with E-state index in [1.807, 2.05) is 6.07 Å². The highest BCUT2D eigenvalue weighted by Crippen LogP contribution is 2.30. The molecular weight excluding hydrogens is 412 g/mol. The molecule has 0 radical (unpaired) electrons. The monoisotopic (exact) mass is 440 g/mol. The molecule has 164 valence electrons. The molecule has 7 nitrogen and oxygen atoms in total. The van der Waals surface area contributed by atoms with Gasteiger partial charge in [-0.05, 0) is 42.7 Å². The molecule has 2 aromatic carbocycles. The van der Waals surface area contributed by atoms with Crippen molar-refractivity contribution in [2.75, 3.05) is 37.7 Å². The average molecular weight is 441 g/mol. The quantitative estimate of drug-likeness (QED) is 0.589. The molecule has 0 aliphatic carbocycles. The van der Waals surface area contributed by atoms with Crippen molar-refractivity contribution in [3.63, 3.8) is 0 Å². The number of aryl methyl sites for hydroxylation is 1. The van der Waals surface area contributed by atoms with Gasteiger partial charge in [-0.2, -0.15) is 4.31 Å². The second kappa shape index (κ2) is 8.26. The van der Waals surface area contributed by atoms with Crippen LogP contribution in [-0.2, 0) is 34.3 Å². The average Bonchev–Trinajstić information content (AvgIpc) is 3.36. The van der Waals surface area contributed by atoms with Crippen LogP contribution in [0.25, 0.3) is 11.0 Å². The molecule has 0 unspecified atom stereocenters. The Bertz CT molecular complexity index is 1200. The van der Waals surface area contributed by atoms with Crippen molar-refractivity contribution >= 4 is 26.7 Å². The van der Waals surface area contributed by atoms with E-state index >= 15 is 0 Å². The molecule has 3 heterocycles. The van der Waals surface area contributed by atoms with Crippen molar-refractivity contribution in [3.8, 4) is 0 Å². The highest BCUT2D eigenvalue weighted by molar-refractivity contribution is 7.89. The van der Waals surface area contributed by atoms with Crippen molar-refractivity contribution in [1.82, 2.24) is 13.9 Å². The number of rotatable bonds is 6. The second-order valence-corrected chi connectivity index (χ2v) is 10.1. The van der Waals surface area contributed by atoms with Gasteiger partial charge in [-0.1, -0.05) is 25.1 Å². The van der Waals surface area contributed by atoms with Crippen LogP contribution in [0.5, 0.6) is 0 Å². The first-order valence-corrected chi connectivity index (χ1v) is 12.4. The number of benzene rings is 2. The molecule has 0 atom stereocenters. The van der Waals surface area contributed by atoms with E-state index in [0.717, 1.165) is 49.3 Å². The number of morpholine rings is 1. The van der Waals surface area contributed by atoms with E-state index in [0.29, 0.717) is 31.2 Å². The number of nitrogens with zero attached hydrogens (tertiary/aromatic N) is 4. The Morgan fingerprint density at radius 1 is 1.06 bits per heavy atom. The molecule has 5 rings (SSSR count). The Kier molecular flexibility index (Phi) is 5.45. The molecule has 1 aromatic heterocycles. The highest BCUT2D eigenvalue weighted by atomic mass is 32.2. The molecule has 8 heteroatoms. The molecular formula is C23H28N4O3S. The van der Waals surface area contributed by atoms with Crippen molar-refractivity contribution in [1.29, 1.82) is 0 Å². The molecule has 2 aliphatic rings. The Balaban J connectivity index is 1.50. The maximum atomic E-state index is 13.1. The number of hydrogen-bond acceptors (Lipinski definition) is 5. The Hall–Kier alpha value is -2.42. The third kappa shape index (κ3) is 3.73. The van der Waals surface area contributed by atoms with E-state index in [1.165, 1.54) is 15.6 Å². The van der Waals surface area contributed by atoms with E-state index in [2.05, 4.69) is 40.7 Å². The zero-order valence-electron chi connectivity index (χ0n) is 17.8. The SMILES string of the molecule is CCCn1c(CN2CCc3ccccc32)nc2cc(S(=O)(=O)N3CCOCC3)ccc21. The van der Waals surface area contributed by atoms with Crippen LogP contribution in [0, 0.1) is 0 Å². The largest absolute Gasteiger partial charge is 0.379 e. The Morgan fingerprint density at radius 2 is 1.87 bits per heavy atom. The minimum atomic E-state index is -3.54. The topological polar surface area (TPSA) is 67.7 Å². The summed E-state index contributed by atoms with van der Waals surface area (Å²) in [6.07, 6.45) is 2.04. The minimum absolute atomic E-state index is 0.307. The molecule has 1 saturated heterocycles. The van der Waals surface area contributed by atoms with Gasteiger partial charge in [-0.3, -0.25) is 0 Å². The summed E-state index contributed by atoms with van der Waals surface area (Å²) in [6.45, 7) is 6.37. The number of sulfonamides is 1. The van der Waals surface area contributed by atoms with Gasteiger partial charge in [0.15, 0.2) is 0 Å². The van der Waals surface area contributed by atoms with E-state index in [4.69, 9.17) is 9.72 Å². The van der Waals surface area contributed by atoms with Gasteiger partial charge in [0.1, 0.15) is 5.82 Å². The van der Waals surface area contributed by atoms with Gasteiger partial charge >= 0.3 is 0 Å². The number of hydrogen-bond donors (Lipinski definition) is 0. The summed E-state index contributed by atoms with van der Waals surface area (Å²) in [5.74, 6) is 0.981. The molecule has 0 bridgehead atoms. The third-order valence-corrected chi connectivity index (χ3v) is 8.06. The molecule has 0 N–H and O–H groups in total.